The number of nitrogen functional groups attached to an aromatic ring is 1. The van der Waals surface area contributed by atoms with E-state index < -0.39 is 5.09 Å². The largest absolute Gasteiger partial charge is 0.368 e. The first-order valence-electron chi connectivity index (χ1n) is 4.67. The van der Waals surface area contributed by atoms with Crippen molar-refractivity contribution in [2.75, 3.05) is 0 Å². The summed E-state index contributed by atoms with van der Waals surface area (Å²) in [6.45, 7) is 4.06. The second-order valence-electron chi connectivity index (χ2n) is 2.87. The fourth-order valence-electron chi connectivity index (χ4n) is 1.11. The van der Waals surface area contributed by atoms with E-state index in [-0.39, 0.29) is 5.96 Å². The lowest BCUT2D eigenvalue weighted by Gasteiger charge is -2.00. The summed E-state index contributed by atoms with van der Waals surface area (Å²) in [7, 11) is 0. The molecule has 0 aliphatic rings. The Morgan fingerprint density at radius 3 is 2.44 bits per heavy atom. The minimum absolute atomic E-state index is 0.00782. The van der Waals surface area contributed by atoms with Crippen molar-refractivity contribution in [1.29, 1.82) is 5.41 Å². The van der Waals surface area contributed by atoms with Crippen molar-refractivity contribution in [2.24, 2.45) is 5.73 Å². The summed E-state index contributed by atoms with van der Waals surface area (Å²) in [4.78, 5) is 8.36. The van der Waals surface area contributed by atoms with Gasteiger partial charge in [0, 0.05) is 5.69 Å². The molecule has 0 amide bonds. The second kappa shape index (κ2) is 6.38. The molecule has 1 aromatic rings. The van der Waals surface area contributed by atoms with Gasteiger partial charge >= 0.3 is 0 Å². The van der Waals surface area contributed by atoms with Gasteiger partial charge in [0.15, 0.2) is 0 Å². The van der Waals surface area contributed by atoms with Gasteiger partial charge in [-0.2, -0.15) is 5.10 Å². The first kappa shape index (κ1) is 13.9. The van der Waals surface area contributed by atoms with Crippen molar-refractivity contribution in [2.45, 2.75) is 26.7 Å². The molecule has 0 aromatic carbocycles. The highest BCUT2D eigenvalue weighted by Crippen LogP contribution is 2.04. The molecule has 8 nitrogen and oxygen atoms in total. The van der Waals surface area contributed by atoms with Crippen LogP contribution in [0.2, 0.25) is 0 Å². The van der Waals surface area contributed by atoms with Crippen molar-refractivity contribution in [3.05, 3.63) is 27.6 Å². The fourth-order valence-corrected chi connectivity index (χ4v) is 1.11. The SMILES string of the molecule is CCc1cc(CC)n(C(=N)N)n1.O=[N+]([O-])O. The molecule has 0 atom stereocenters. The zero-order chi connectivity index (χ0) is 12.7. The van der Waals surface area contributed by atoms with E-state index in [1.807, 2.05) is 19.9 Å². The number of nitrogens with zero attached hydrogens (tertiary/aromatic N) is 3. The summed E-state index contributed by atoms with van der Waals surface area (Å²) in [5.41, 5.74) is 7.33. The molecular formula is C8H15N5O3. The van der Waals surface area contributed by atoms with Crippen molar-refractivity contribution >= 4 is 5.96 Å². The van der Waals surface area contributed by atoms with E-state index in [0.29, 0.717) is 0 Å². The minimum atomic E-state index is -1.50. The lowest BCUT2D eigenvalue weighted by Crippen LogP contribution is -2.23. The average Bonchev–Trinajstić information content (AvgIpc) is 2.59. The van der Waals surface area contributed by atoms with Crippen LogP contribution < -0.4 is 5.73 Å². The van der Waals surface area contributed by atoms with Crippen LogP contribution in [0.25, 0.3) is 0 Å². The van der Waals surface area contributed by atoms with E-state index in [1.165, 1.54) is 4.68 Å². The second-order valence-corrected chi connectivity index (χ2v) is 2.87. The lowest BCUT2D eigenvalue weighted by molar-refractivity contribution is -0.742. The van der Waals surface area contributed by atoms with Crippen molar-refractivity contribution < 1.29 is 10.3 Å². The molecule has 1 rings (SSSR count). The highest BCUT2D eigenvalue weighted by molar-refractivity contribution is 5.77. The molecule has 8 heteroatoms. The maximum absolute atomic E-state index is 8.36. The van der Waals surface area contributed by atoms with Crippen LogP contribution in [0.1, 0.15) is 25.2 Å². The number of nitrogens with two attached hydrogens (primary N) is 1. The predicted octanol–water partition coefficient (Wildman–Crippen LogP) is 0.402. The third-order valence-electron chi connectivity index (χ3n) is 1.79. The molecule has 0 fully saturated rings. The van der Waals surface area contributed by atoms with E-state index in [4.69, 9.17) is 26.5 Å². The average molecular weight is 229 g/mol. The highest BCUT2D eigenvalue weighted by atomic mass is 16.9. The zero-order valence-corrected chi connectivity index (χ0v) is 9.17. The minimum Gasteiger partial charge on any atom is -0.368 e. The first-order chi connectivity index (χ1) is 7.42. The molecule has 0 saturated heterocycles. The zero-order valence-electron chi connectivity index (χ0n) is 9.17. The van der Waals surface area contributed by atoms with E-state index in [1.54, 1.807) is 0 Å². The third-order valence-corrected chi connectivity index (χ3v) is 1.79. The van der Waals surface area contributed by atoms with Gasteiger partial charge in [0.2, 0.25) is 5.96 Å². The quantitative estimate of drug-likeness (QED) is 0.292. The molecule has 0 unspecified atom stereocenters. The summed E-state index contributed by atoms with van der Waals surface area (Å²) in [6.07, 6.45) is 1.74. The van der Waals surface area contributed by atoms with Crippen LogP contribution >= 0.6 is 0 Å². The fraction of sp³-hybridized carbons (Fsp3) is 0.500. The Labute approximate surface area is 92.3 Å². The standard InChI is InChI=1S/C8H14N4.HNO3/c1-3-6-5-7(4-2)12(11-6)8(9)10;2-1(3)4/h5H,3-4H2,1-2H3,(H3,9,10);(H,2,3,4). The summed E-state index contributed by atoms with van der Waals surface area (Å²) >= 11 is 0. The maximum atomic E-state index is 8.36. The van der Waals surface area contributed by atoms with Gasteiger partial charge in [0.1, 0.15) is 0 Å². The molecule has 16 heavy (non-hydrogen) atoms. The van der Waals surface area contributed by atoms with Crippen LogP contribution in [0, 0.1) is 15.5 Å². The summed E-state index contributed by atoms with van der Waals surface area (Å²) in [5, 5.41) is 25.1. The van der Waals surface area contributed by atoms with Gasteiger partial charge in [0.25, 0.3) is 5.09 Å². The molecule has 0 radical (unpaired) electrons. The van der Waals surface area contributed by atoms with Crippen LogP contribution in [0.3, 0.4) is 0 Å². The van der Waals surface area contributed by atoms with Crippen molar-refractivity contribution in [1.82, 2.24) is 9.78 Å². The van der Waals surface area contributed by atoms with Crippen LogP contribution in [0.5, 0.6) is 0 Å². The van der Waals surface area contributed by atoms with E-state index in [9.17, 15) is 0 Å². The molecule has 4 N–H and O–H groups in total. The van der Waals surface area contributed by atoms with E-state index in [2.05, 4.69) is 5.10 Å². The van der Waals surface area contributed by atoms with Crippen LogP contribution in [-0.4, -0.2) is 26.0 Å². The number of nitrogens with one attached hydrogen (secondary N) is 1. The Morgan fingerprint density at radius 2 is 2.19 bits per heavy atom. The van der Waals surface area contributed by atoms with Gasteiger partial charge in [-0.05, 0) is 18.9 Å². The number of rotatable bonds is 2. The van der Waals surface area contributed by atoms with Gasteiger partial charge in [-0.15, -0.1) is 10.1 Å². The van der Waals surface area contributed by atoms with Gasteiger partial charge in [-0.1, -0.05) is 13.8 Å². The Balaban J connectivity index is 0.000000487. The summed E-state index contributed by atoms with van der Waals surface area (Å²) < 4.78 is 1.48. The Bertz CT molecular complexity index is 370. The molecule has 0 aliphatic carbocycles. The molecule has 0 saturated carbocycles. The maximum Gasteiger partial charge on any atom is 0.291 e. The molecule has 1 aromatic heterocycles. The van der Waals surface area contributed by atoms with E-state index >= 15 is 0 Å². The smallest absolute Gasteiger partial charge is 0.291 e. The predicted molar refractivity (Wildman–Crippen MR) is 57.1 cm³/mol. The van der Waals surface area contributed by atoms with Crippen LogP contribution in [0.15, 0.2) is 6.07 Å². The van der Waals surface area contributed by atoms with Crippen LogP contribution in [-0.2, 0) is 12.8 Å². The Hall–Kier alpha value is -2.12. The van der Waals surface area contributed by atoms with E-state index in [0.717, 1.165) is 24.2 Å². The first-order valence-corrected chi connectivity index (χ1v) is 4.67. The monoisotopic (exact) mass is 229 g/mol. The lowest BCUT2D eigenvalue weighted by atomic mass is 10.3. The molecule has 0 spiro atoms. The molecule has 1 heterocycles. The molecule has 90 valence electrons. The molecule has 0 bridgehead atoms. The third kappa shape index (κ3) is 4.40. The van der Waals surface area contributed by atoms with Gasteiger partial charge in [-0.25, -0.2) is 4.68 Å². The highest BCUT2D eigenvalue weighted by Gasteiger charge is 2.05. The molecule has 0 aliphatic heterocycles. The van der Waals surface area contributed by atoms with Crippen LogP contribution in [0.4, 0.5) is 0 Å². The number of aromatic nitrogens is 2. The number of hydrogen-bond acceptors (Lipinski definition) is 4. The van der Waals surface area contributed by atoms with Gasteiger partial charge in [-0.3, -0.25) is 5.41 Å². The molecular weight excluding hydrogens is 214 g/mol. The van der Waals surface area contributed by atoms with Crippen molar-refractivity contribution in [3.8, 4) is 0 Å². The van der Waals surface area contributed by atoms with Crippen molar-refractivity contribution in [3.63, 3.8) is 0 Å². The Morgan fingerprint density at radius 1 is 1.69 bits per heavy atom. The Kier molecular flexibility index (Phi) is 5.53. The summed E-state index contributed by atoms with van der Waals surface area (Å²) in [6, 6.07) is 1.99. The topological polar surface area (TPSA) is 131 Å². The number of hydrogen-bond donors (Lipinski definition) is 3. The summed E-state index contributed by atoms with van der Waals surface area (Å²) in [5.74, 6) is -0.00782. The van der Waals surface area contributed by atoms with Gasteiger partial charge in [0.05, 0.1) is 5.69 Å². The normalized spacial score (nSPS) is 9.12. The number of aryl methyl sites for hydroxylation is 2. The van der Waals surface area contributed by atoms with Gasteiger partial charge < -0.3 is 10.9 Å².